The van der Waals surface area contributed by atoms with Crippen LogP contribution >= 0.6 is 27.7 Å². The Morgan fingerprint density at radius 2 is 1.97 bits per heavy atom. The molecular weight excluding hydrogens is 448 g/mol. The fraction of sp³-hybridized carbons (Fsp3) is 0.364. The van der Waals surface area contributed by atoms with Gasteiger partial charge in [-0.05, 0) is 43.0 Å². The molecule has 0 saturated heterocycles. The lowest BCUT2D eigenvalue weighted by molar-refractivity contribution is 0.102. The largest absolute Gasteiger partial charge is 0.299 e. The van der Waals surface area contributed by atoms with Gasteiger partial charge in [-0.25, -0.2) is 0 Å². The Hall–Kier alpha value is -1.99. The molecule has 0 bridgehead atoms. The highest BCUT2D eigenvalue weighted by molar-refractivity contribution is 9.10. The monoisotopic (exact) mass is 470 g/mol. The van der Waals surface area contributed by atoms with Crippen LogP contribution in [0.25, 0.3) is 11.4 Å². The number of aromatic nitrogens is 4. The first-order chi connectivity index (χ1) is 14.1. The maximum Gasteiger partial charge on any atom is 0.192 e. The van der Waals surface area contributed by atoms with Gasteiger partial charge in [0.05, 0.1) is 5.75 Å². The second kappa shape index (κ2) is 9.22. The molecule has 1 aliphatic rings. The van der Waals surface area contributed by atoms with E-state index < -0.39 is 0 Å². The number of rotatable bonds is 6. The second-order valence-electron chi connectivity index (χ2n) is 7.47. The van der Waals surface area contributed by atoms with E-state index in [9.17, 15) is 4.79 Å². The van der Waals surface area contributed by atoms with E-state index in [1.165, 1.54) is 31.0 Å². The van der Waals surface area contributed by atoms with Gasteiger partial charge in [0, 0.05) is 34.0 Å². The summed E-state index contributed by atoms with van der Waals surface area (Å²) in [6.45, 7) is 2.30. The summed E-state index contributed by atoms with van der Waals surface area (Å²) in [5, 5.41) is 9.78. The number of carbonyl (C=O) groups excluding carboxylic acids is 1. The lowest BCUT2D eigenvalue weighted by Gasteiger charge is -2.31. The van der Waals surface area contributed by atoms with Crippen molar-refractivity contribution in [1.82, 2.24) is 19.7 Å². The molecule has 1 saturated carbocycles. The van der Waals surface area contributed by atoms with Crippen molar-refractivity contribution >= 4 is 33.5 Å². The molecule has 1 aromatic carbocycles. The van der Waals surface area contributed by atoms with Crippen LogP contribution in [0.5, 0.6) is 0 Å². The molecule has 2 aromatic heterocycles. The number of benzene rings is 1. The highest BCUT2D eigenvalue weighted by Crippen LogP contribution is 2.38. The fourth-order valence-corrected chi connectivity index (χ4v) is 5.05. The Morgan fingerprint density at radius 3 is 2.69 bits per heavy atom. The molecule has 150 valence electrons. The molecular formula is C22H23BrN4OS. The van der Waals surface area contributed by atoms with E-state index in [4.69, 9.17) is 0 Å². The number of hydrogen-bond donors (Lipinski definition) is 0. The molecule has 2 heterocycles. The third-order valence-electron chi connectivity index (χ3n) is 5.48. The third-order valence-corrected chi connectivity index (χ3v) is 6.95. The predicted molar refractivity (Wildman–Crippen MR) is 119 cm³/mol. The van der Waals surface area contributed by atoms with Crippen LogP contribution in [-0.4, -0.2) is 31.3 Å². The number of thioether (sulfide) groups is 1. The number of Topliss-reactive ketones (excluding diaryl/α,β-unsaturated/α-hetero) is 1. The molecule has 4 rings (SSSR count). The van der Waals surface area contributed by atoms with Crippen molar-refractivity contribution in [3.8, 4) is 11.4 Å². The summed E-state index contributed by atoms with van der Waals surface area (Å²) in [5.74, 6) is 1.83. The molecule has 0 spiro atoms. The van der Waals surface area contributed by atoms with Gasteiger partial charge in [0.1, 0.15) is 0 Å². The summed E-state index contributed by atoms with van der Waals surface area (Å²) in [7, 11) is 0. The Balaban J connectivity index is 1.61. The van der Waals surface area contributed by atoms with Crippen molar-refractivity contribution in [2.24, 2.45) is 5.92 Å². The van der Waals surface area contributed by atoms with Crippen molar-refractivity contribution in [2.45, 2.75) is 43.8 Å². The first-order valence-corrected chi connectivity index (χ1v) is 11.7. The number of halogens is 1. The number of carbonyl (C=O) groups is 1. The van der Waals surface area contributed by atoms with Crippen molar-refractivity contribution in [2.75, 3.05) is 5.75 Å². The Kier molecular flexibility index (Phi) is 6.45. The molecule has 0 aliphatic heterocycles. The van der Waals surface area contributed by atoms with Gasteiger partial charge >= 0.3 is 0 Å². The minimum absolute atomic E-state index is 0.0941. The van der Waals surface area contributed by atoms with Gasteiger partial charge in [0.2, 0.25) is 0 Å². The summed E-state index contributed by atoms with van der Waals surface area (Å²) in [5.41, 5.74) is 1.68. The van der Waals surface area contributed by atoms with E-state index in [0.29, 0.717) is 23.3 Å². The summed E-state index contributed by atoms with van der Waals surface area (Å²) in [4.78, 5) is 16.9. The summed E-state index contributed by atoms with van der Waals surface area (Å²) < 4.78 is 3.22. The van der Waals surface area contributed by atoms with Crippen LogP contribution in [0.4, 0.5) is 0 Å². The molecule has 2 unspecified atom stereocenters. The van der Waals surface area contributed by atoms with Crippen LogP contribution in [0.2, 0.25) is 0 Å². The van der Waals surface area contributed by atoms with E-state index in [1.54, 1.807) is 6.20 Å². The van der Waals surface area contributed by atoms with Gasteiger partial charge in [-0.2, -0.15) is 0 Å². The topological polar surface area (TPSA) is 60.7 Å². The molecule has 0 radical (unpaired) electrons. The van der Waals surface area contributed by atoms with Crippen LogP contribution in [0.3, 0.4) is 0 Å². The van der Waals surface area contributed by atoms with E-state index in [0.717, 1.165) is 27.4 Å². The third kappa shape index (κ3) is 4.61. The number of ketones is 1. The summed E-state index contributed by atoms with van der Waals surface area (Å²) >= 11 is 4.88. The molecule has 2 atom stereocenters. The van der Waals surface area contributed by atoms with E-state index in [1.807, 2.05) is 42.6 Å². The SMILES string of the molecule is CC1CCCCC1n1c(SCC(=O)c2ccc(Br)cc2)nnc1-c1cccnc1. The number of nitrogens with zero attached hydrogens (tertiary/aromatic N) is 4. The molecule has 0 N–H and O–H groups in total. The average Bonchev–Trinajstić information content (AvgIpc) is 3.17. The van der Waals surface area contributed by atoms with Crippen molar-refractivity contribution in [1.29, 1.82) is 0 Å². The second-order valence-corrected chi connectivity index (χ2v) is 9.32. The lowest BCUT2D eigenvalue weighted by Crippen LogP contribution is -2.22. The quantitative estimate of drug-likeness (QED) is 0.335. The lowest BCUT2D eigenvalue weighted by atomic mass is 9.85. The first kappa shape index (κ1) is 20.3. The van der Waals surface area contributed by atoms with Gasteiger partial charge in [-0.3, -0.25) is 14.3 Å². The zero-order chi connectivity index (χ0) is 20.2. The minimum Gasteiger partial charge on any atom is -0.299 e. The van der Waals surface area contributed by atoms with E-state index >= 15 is 0 Å². The minimum atomic E-state index is 0.0941. The van der Waals surface area contributed by atoms with Crippen molar-refractivity contribution in [3.63, 3.8) is 0 Å². The zero-order valence-corrected chi connectivity index (χ0v) is 18.7. The molecule has 0 amide bonds. The molecule has 7 heteroatoms. The molecule has 29 heavy (non-hydrogen) atoms. The van der Waals surface area contributed by atoms with E-state index in [-0.39, 0.29) is 5.78 Å². The highest BCUT2D eigenvalue weighted by Gasteiger charge is 2.29. The molecule has 5 nitrogen and oxygen atoms in total. The van der Waals surface area contributed by atoms with E-state index in [2.05, 4.69) is 42.6 Å². The van der Waals surface area contributed by atoms with Crippen molar-refractivity contribution < 1.29 is 4.79 Å². The Labute approximate surface area is 183 Å². The fourth-order valence-electron chi connectivity index (χ4n) is 3.90. The van der Waals surface area contributed by atoms with Gasteiger partial charge < -0.3 is 0 Å². The average molecular weight is 471 g/mol. The smallest absolute Gasteiger partial charge is 0.192 e. The maximum atomic E-state index is 12.7. The Morgan fingerprint density at radius 1 is 1.17 bits per heavy atom. The van der Waals surface area contributed by atoms with Crippen LogP contribution in [0, 0.1) is 5.92 Å². The van der Waals surface area contributed by atoms with Gasteiger partial charge in [0.25, 0.3) is 0 Å². The normalized spacial score (nSPS) is 19.2. The molecule has 1 fully saturated rings. The number of hydrogen-bond acceptors (Lipinski definition) is 5. The standard InChI is InChI=1S/C22H23BrN4OS/c1-15-5-2-3-7-19(15)27-21(17-6-4-12-24-13-17)25-26-22(27)29-14-20(28)16-8-10-18(23)11-9-16/h4,6,8-13,15,19H,2-3,5,7,14H2,1H3. The molecule has 3 aromatic rings. The summed E-state index contributed by atoms with van der Waals surface area (Å²) in [6, 6.07) is 11.8. The molecule has 1 aliphatic carbocycles. The number of pyridine rings is 1. The highest BCUT2D eigenvalue weighted by atomic mass is 79.9. The predicted octanol–water partition coefficient (Wildman–Crippen LogP) is 5.83. The van der Waals surface area contributed by atoms with Gasteiger partial charge in [0.15, 0.2) is 16.8 Å². The van der Waals surface area contributed by atoms with Gasteiger partial charge in [-0.1, -0.05) is 59.6 Å². The van der Waals surface area contributed by atoms with Gasteiger partial charge in [-0.15, -0.1) is 10.2 Å². The zero-order valence-electron chi connectivity index (χ0n) is 16.3. The van der Waals surface area contributed by atoms with Crippen LogP contribution in [0.15, 0.2) is 58.4 Å². The van der Waals surface area contributed by atoms with Crippen molar-refractivity contribution in [3.05, 3.63) is 58.8 Å². The van der Waals surface area contributed by atoms with Crippen LogP contribution in [-0.2, 0) is 0 Å². The summed E-state index contributed by atoms with van der Waals surface area (Å²) in [6.07, 6.45) is 8.39. The van der Waals surface area contributed by atoms with Crippen LogP contribution in [0.1, 0.15) is 49.0 Å². The maximum absolute atomic E-state index is 12.7. The Bertz CT molecular complexity index is 974. The first-order valence-electron chi connectivity index (χ1n) is 9.90. The van der Waals surface area contributed by atoms with Crippen LogP contribution < -0.4 is 0 Å².